The van der Waals surface area contributed by atoms with Gasteiger partial charge in [-0.15, -0.1) is 0 Å². The summed E-state index contributed by atoms with van der Waals surface area (Å²) >= 11 is 0. The molecular weight excluding hydrogens is 346 g/mol. The molecule has 0 bridgehead atoms. The molecule has 0 saturated heterocycles. The predicted octanol–water partition coefficient (Wildman–Crippen LogP) is 0.907. The van der Waals surface area contributed by atoms with Crippen molar-refractivity contribution >= 4 is 27.5 Å². The van der Waals surface area contributed by atoms with E-state index in [1.54, 1.807) is 19.9 Å². The van der Waals surface area contributed by atoms with Crippen LogP contribution < -0.4 is 20.1 Å². The summed E-state index contributed by atoms with van der Waals surface area (Å²) in [6, 6.07) is 2.94. The first-order valence-corrected chi connectivity index (χ1v) is 9.49. The SMILES string of the molecule is Cc1cc2c(cc1S(=O)(=O)NCCC(=O)NC(C)C)OC(C)C(=O)N2. The standard InChI is InChI=1S/C16H23N3O5S/c1-9(2)18-15(20)5-6-17-25(22,23)14-8-13-12(7-10(14)3)19-16(21)11(4)24-13/h7-9,11,17H,5-6H2,1-4H3,(H,18,20)(H,19,21). The average molecular weight is 369 g/mol. The van der Waals surface area contributed by atoms with E-state index in [9.17, 15) is 18.0 Å². The Kier molecular flexibility index (Phi) is 5.69. The Labute approximate surface area is 147 Å². The first-order valence-electron chi connectivity index (χ1n) is 8.01. The van der Waals surface area contributed by atoms with Crippen LogP contribution in [0.1, 0.15) is 32.8 Å². The van der Waals surface area contributed by atoms with E-state index >= 15 is 0 Å². The van der Waals surface area contributed by atoms with Gasteiger partial charge in [-0.3, -0.25) is 9.59 Å². The smallest absolute Gasteiger partial charge is 0.265 e. The van der Waals surface area contributed by atoms with E-state index < -0.39 is 16.1 Å². The summed E-state index contributed by atoms with van der Waals surface area (Å²) in [5.41, 5.74) is 0.909. The van der Waals surface area contributed by atoms with Gasteiger partial charge in [0.2, 0.25) is 15.9 Å². The minimum absolute atomic E-state index is 0.00125. The van der Waals surface area contributed by atoms with E-state index in [2.05, 4.69) is 15.4 Å². The van der Waals surface area contributed by atoms with Crippen LogP contribution in [0, 0.1) is 6.92 Å². The second kappa shape index (κ2) is 7.40. The van der Waals surface area contributed by atoms with Crippen molar-refractivity contribution in [1.29, 1.82) is 0 Å². The number of carbonyl (C=O) groups is 2. The molecule has 2 amide bonds. The minimum Gasteiger partial charge on any atom is -0.479 e. The maximum Gasteiger partial charge on any atom is 0.265 e. The number of sulfonamides is 1. The lowest BCUT2D eigenvalue weighted by atomic mass is 10.1. The molecule has 3 N–H and O–H groups in total. The van der Waals surface area contributed by atoms with E-state index in [4.69, 9.17) is 4.74 Å². The third-order valence-corrected chi connectivity index (χ3v) is 5.19. The van der Waals surface area contributed by atoms with Crippen LogP contribution in [0.25, 0.3) is 0 Å². The molecule has 25 heavy (non-hydrogen) atoms. The van der Waals surface area contributed by atoms with Gasteiger partial charge in [-0.1, -0.05) is 0 Å². The number of amides is 2. The number of benzene rings is 1. The Morgan fingerprint density at radius 1 is 1.36 bits per heavy atom. The van der Waals surface area contributed by atoms with Crippen LogP contribution >= 0.6 is 0 Å². The van der Waals surface area contributed by atoms with Crippen LogP contribution in [-0.2, 0) is 19.6 Å². The molecule has 0 radical (unpaired) electrons. The third kappa shape index (κ3) is 4.70. The van der Waals surface area contributed by atoms with Gasteiger partial charge in [-0.25, -0.2) is 13.1 Å². The second-order valence-electron chi connectivity index (χ2n) is 6.23. The van der Waals surface area contributed by atoms with Crippen molar-refractivity contribution in [2.75, 3.05) is 11.9 Å². The van der Waals surface area contributed by atoms with Gasteiger partial charge in [0.15, 0.2) is 6.10 Å². The van der Waals surface area contributed by atoms with E-state index in [-0.39, 0.29) is 35.7 Å². The Morgan fingerprint density at radius 3 is 2.68 bits per heavy atom. The molecule has 0 fully saturated rings. The number of rotatable bonds is 6. The highest BCUT2D eigenvalue weighted by Gasteiger charge is 2.27. The predicted molar refractivity (Wildman–Crippen MR) is 93.0 cm³/mol. The van der Waals surface area contributed by atoms with E-state index in [0.29, 0.717) is 17.0 Å². The number of nitrogens with one attached hydrogen (secondary N) is 3. The number of aryl methyl sites for hydroxylation is 1. The largest absolute Gasteiger partial charge is 0.479 e. The van der Waals surface area contributed by atoms with Crippen LogP contribution in [0.2, 0.25) is 0 Å². The molecule has 1 unspecified atom stereocenters. The van der Waals surface area contributed by atoms with Crippen molar-refractivity contribution in [1.82, 2.24) is 10.0 Å². The fourth-order valence-corrected chi connectivity index (χ4v) is 3.67. The Balaban J connectivity index is 2.13. The van der Waals surface area contributed by atoms with Gasteiger partial charge in [0.05, 0.1) is 10.6 Å². The average Bonchev–Trinajstić information content (AvgIpc) is 2.47. The van der Waals surface area contributed by atoms with Crippen LogP contribution in [-0.4, -0.2) is 38.9 Å². The molecule has 1 aromatic carbocycles. The molecule has 2 rings (SSSR count). The summed E-state index contributed by atoms with van der Waals surface area (Å²) < 4.78 is 32.9. The van der Waals surface area contributed by atoms with Crippen LogP contribution in [0.5, 0.6) is 5.75 Å². The van der Waals surface area contributed by atoms with Gasteiger partial charge in [0, 0.05) is 25.1 Å². The maximum absolute atomic E-state index is 12.5. The molecule has 9 heteroatoms. The molecule has 0 saturated carbocycles. The summed E-state index contributed by atoms with van der Waals surface area (Å²) in [6.07, 6.45) is -0.649. The van der Waals surface area contributed by atoms with Crippen molar-refractivity contribution in [3.8, 4) is 5.75 Å². The zero-order valence-corrected chi connectivity index (χ0v) is 15.5. The van der Waals surface area contributed by atoms with Gasteiger partial charge in [-0.2, -0.15) is 0 Å². The molecule has 138 valence electrons. The molecule has 1 aliphatic rings. The van der Waals surface area contributed by atoms with Gasteiger partial charge in [-0.05, 0) is 39.3 Å². The Hall–Kier alpha value is -2.13. The summed E-state index contributed by atoms with van der Waals surface area (Å²) in [7, 11) is -3.80. The number of ether oxygens (including phenoxy) is 1. The first-order chi connectivity index (χ1) is 11.6. The summed E-state index contributed by atoms with van der Waals surface area (Å²) in [5.74, 6) is -0.202. The van der Waals surface area contributed by atoms with Crippen molar-refractivity contribution in [3.05, 3.63) is 17.7 Å². The molecule has 8 nitrogen and oxygen atoms in total. The Morgan fingerprint density at radius 2 is 2.04 bits per heavy atom. The van der Waals surface area contributed by atoms with Gasteiger partial charge in [0.25, 0.3) is 5.91 Å². The third-order valence-electron chi connectivity index (χ3n) is 3.59. The zero-order chi connectivity index (χ0) is 18.8. The first kappa shape index (κ1) is 19.2. The number of hydrogen-bond donors (Lipinski definition) is 3. The molecule has 1 aromatic rings. The molecule has 0 aliphatic carbocycles. The molecule has 0 aromatic heterocycles. The molecule has 0 spiro atoms. The number of hydrogen-bond acceptors (Lipinski definition) is 5. The molecular formula is C16H23N3O5S. The summed E-state index contributed by atoms with van der Waals surface area (Å²) in [5, 5.41) is 5.37. The zero-order valence-electron chi connectivity index (χ0n) is 14.7. The van der Waals surface area contributed by atoms with E-state index in [1.807, 2.05) is 13.8 Å². The normalized spacial score (nSPS) is 16.8. The quantitative estimate of drug-likeness (QED) is 0.690. The topological polar surface area (TPSA) is 114 Å². The highest BCUT2D eigenvalue weighted by Crippen LogP contribution is 2.34. The van der Waals surface area contributed by atoms with Crippen molar-refractivity contribution in [3.63, 3.8) is 0 Å². The molecule has 1 heterocycles. The molecule has 1 aliphatic heterocycles. The van der Waals surface area contributed by atoms with Crippen molar-refractivity contribution in [2.24, 2.45) is 0 Å². The maximum atomic E-state index is 12.5. The van der Waals surface area contributed by atoms with Crippen LogP contribution in [0.3, 0.4) is 0 Å². The highest BCUT2D eigenvalue weighted by molar-refractivity contribution is 7.89. The van der Waals surface area contributed by atoms with Crippen LogP contribution in [0.15, 0.2) is 17.0 Å². The van der Waals surface area contributed by atoms with Gasteiger partial charge in [0.1, 0.15) is 5.75 Å². The lowest BCUT2D eigenvalue weighted by Crippen LogP contribution is -2.35. The fraction of sp³-hybridized carbons (Fsp3) is 0.500. The lowest BCUT2D eigenvalue weighted by molar-refractivity contribution is -0.123. The van der Waals surface area contributed by atoms with Crippen LogP contribution in [0.4, 0.5) is 5.69 Å². The fourth-order valence-electron chi connectivity index (χ4n) is 2.40. The van der Waals surface area contributed by atoms with Crippen molar-refractivity contribution < 1.29 is 22.7 Å². The van der Waals surface area contributed by atoms with E-state index in [1.165, 1.54) is 6.07 Å². The van der Waals surface area contributed by atoms with Crippen molar-refractivity contribution in [2.45, 2.75) is 51.2 Å². The second-order valence-corrected chi connectivity index (χ2v) is 7.97. The van der Waals surface area contributed by atoms with E-state index in [0.717, 1.165) is 0 Å². The molecule has 1 atom stereocenters. The lowest BCUT2D eigenvalue weighted by Gasteiger charge is -2.24. The monoisotopic (exact) mass is 369 g/mol. The summed E-state index contributed by atoms with van der Waals surface area (Å²) in [6.45, 7) is 6.87. The minimum atomic E-state index is -3.80. The number of fused-ring (bicyclic) bond motifs is 1. The van der Waals surface area contributed by atoms with Gasteiger partial charge >= 0.3 is 0 Å². The Bertz CT molecular complexity index is 789. The summed E-state index contributed by atoms with van der Waals surface area (Å²) in [4.78, 5) is 23.3. The van der Waals surface area contributed by atoms with Gasteiger partial charge < -0.3 is 15.4 Å². The number of carbonyl (C=O) groups excluding carboxylic acids is 2. The number of anilines is 1. The highest BCUT2D eigenvalue weighted by atomic mass is 32.2.